The van der Waals surface area contributed by atoms with Crippen LogP contribution in [0.3, 0.4) is 0 Å². The van der Waals surface area contributed by atoms with Gasteiger partial charge in [-0.1, -0.05) is 6.92 Å². The van der Waals surface area contributed by atoms with Crippen molar-refractivity contribution in [1.82, 2.24) is 9.97 Å². The fourth-order valence-corrected chi connectivity index (χ4v) is 1.51. The van der Waals surface area contributed by atoms with Crippen LogP contribution in [-0.2, 0) is 6.18 Å². The minimum absolute atomic E-state index is 0.0493. The summed E-state index contributed by atoms with van der Waals surface area (Å²) in [4.78, 5) is 6.92. The smallest absolute Gasteiger partial charge is 0.396 e. The van der Waals surface area contributed by atoms with Gasteiger partial charge in [0.1, 0.15) is 11.6 Å². The molecule has 1 heterocycles. The molecule has 8 heteroatoms. The topological polar surface area (TPSA) is 70.1 Å². The third-order valence-corrected chi connectivity index (χ3v) is 2.49. The molecule has 0 aliphatic carbocycles. The van der Waals surface area contributed by atoms with Gasteiger partial charge in [0.15, 0.2) is 0 Å². The third-order valence-electron chi connectivity index (χ3n) is 2.49. The zero-order valence-electron chi connectivity index (χ0n) is 11.5. The lowest BCUT2D eigenvalue weighted by molar-refractivity contribution is -0.144. The van der Waals surface area contributed by atoms with E-state index in [2.05, 4.69) is 20.6 Å². The van der Waals surface area contributed by atoms with E-state index in [0.717, 1.165) is 6.42 Å². The first-order chi connectivity index (χ1) is 9.36. The van der Waals surface area contributed by atoms with Crippen LogP contribution in [0.2, 0.25) is 0 Å². The van der Waals surface area contributed by atoms with Crippen LogP contribution in [0.15, 0.2) is 6.07 Å². The number of alkyl halides is 3. The lowest BCUT2D eigenvalue weighted by Gasteiger charge is -2.16. The predicted octanol–water partition coefficient (Wildman–Crippen LogP) is 2.50. The second-order valence-corrected chi connectivity index (χ2v) is 4.44. The van der Waals surface area contributed by atoms with Crippen LogP contribution in [0.4, 0.5) is 24.8 Å². The molecule has 0 radical (unpaired) electrons. The molecule has 1 aromatic rings. The number of aliphatic hydroxyl groups is 1. The number of rotatable bonds is 7. The maximum Gasteiger partial charge on any atom is 0.451 e. The Kier molecular flexibility index (Phi) is 6.00. The maximum atomic E-state index is 12.7. The van der Waals surface area contributed by atoms with Gasteiger partial charge in [0.05, 0.1) is 0 Å². The van der Waals surface area contributed by atoms with E-state index in [0.29, 0.717) is 13.0 Å². The molecular formula is C12H19F3N4O. The van der Waals surface area contributed by atoms with Crippen molar-refractivity contribution in [3.8, 4) is 0 Å². The second kappa shape index (κ2) is 7.28. The molecular weight excluding hydrogens is 273 g/mol. The molecule has 20 heavy (non-hydrogen) atoms. The van der Waals surface area contributed by atoms with Crippen molar-refractivity contribution in [2.75, 3.05) is 23.8 Å². The molecule has 0 aliphatic heterocycles. The number of hydrogen-bond acceptors (Lipinski definition) is 5. The van der Waals surface area contributed by atoms with E-state index in [9.17, 15) is 13.2 Å². The molecule has 0 fully saturated rings. The molecule has 1 unspecified atom stereocenters. The molecule has 0 aliphatic rings. The summed E-state index contributed by atoms with van der Waals surface area (Å²) < 4.78 is 38.2. The molecule has 1 atom stereocenters. The van der Waals surface area contributed by atoms with Gasteiger partial charge < -0.3 is 15.7 Å². The van der Waals surface area contributed by atoms with E-state index in [-0.39, 0.29) is 24.3 Å². The predicted molar refractivity (Wildman–Crippen MR) is 70.6 cm³/mol. The van der Waals surface area contributed by atoms with Crippen molar-refractivity contribution in [2.45, 2.75) is 38.9 Å². The van der Waals surface area contributed by atoms with Crippen LogP contribution in [0.1, 0.15) is 32.5 Å². The lowest BCUT2D eigenvalue weighted by Crippen LogP contribution is -2.20. The van der Waals surface area contributed by atoms with Crippen LogP contribution in [0.25, 0.3) is 0 Å². The normalized spacial score (nSPS) is 13.1. The number of halogens is 3. The molecule has 1 aromatic heterocycles. The zero-order chi connectivity index (χ0) is 15.2. The Morgan fingerprint density at radius 1 is 1.30 bits per heavy atom. The first-order valence-electron chi connectivity index (χ1n) is 6.44. The Bertz CT molecular complexity index is 426. The van der Waals surface area contributed by atoms with E-state index in [1.807, 2.05) is 6.92 Å². The maximum absolute atomic E-state index is 12.7. The van der Waals surface area contributed by atoms with Gasteiger partial charge in [-0.2, -0.15) is 13.2 Å². The highest BCUT2D eigenvalue weighted by molar-refractivity contribution is 5.48. The number of anilines is 2. The average molecular weight is 292 g/mol. The molecule has 0 saturated carbocycles. The zero-order valence-corrected chi connectivity index (χ0v) is 11.5. The van der Waals surface area contributed by atoms with Gasteiger partial charge in [-0.25, -0.2) is 9.97 Å². The summed E-state index contributed by atoms with van der Waals surface area (Å²) in [5.41, 5.74) is 0. The molecule has 0 amide bonds. The van der Waals surface area contributed by atoms with Crippen molar-refractivity contribution in [3.63, 3.8) is 0 Å². The number of aromatic nitrogens is 2. The highest BCUT2D eigenvalue weighted by Crippen LogP contribution is 2.28. The number of nitrogens with zero attached hydrogens (tertiary/aromatic N) is 2. The van der Waals surface area contributed by atoms with E-state index in [4.69, 9.17) is 5.11 Å². The van der Waals surface area contributed by atoms with Crippen LogP contribution in [0.5, 0.6) is 0 Å². The summed E-state index contributed by atoms with van der Waals surface area (Å²) in [5, 5.41) is 14.4. The van der Waals surface area contributed by atoms with E-state index in [1.165, 1.54) is 6.07 Å². The highest BCUT2D eigenvalue weighted by Gasteiger charge is 2.35. The van der Waals surface area contributed by atoms with Crippen molar-refractivity contribution >= 4 is 11.6 Å². The Morgan fingerprint density at radius 3 is 2.50 bits per heavy atom. The number of nitrogens with one attached hydrogen (secondary N) is 2. The van der Waals surface area contributed by atoms with E-state index < -0.39 is 12.0 Å². The van der Waals surface area contributed by atoms with Crippen molar-refractivity contribution in [1.29, 1.82) is 0 Å². The molecule has 0 spiro atoms. The summed E-state index contributed by atoms with van der Waals surface area (Å²) in [6.07, 6.45) is -3.40. The second-order valence-electron chi connectivity index (χ2n) is 4.44. The van der Waals surface area contributed by atoms with Gasteiger partial charge in [-0.3, -0.25) is 0 Å². The van der Waals surface area contributed by atoms with E-state index in [1.54, 1.807) is 6.92 Å². The number of aliphatic hydroxyl groups excluding tert-OH is 1. The van der Waals surface area contributed by atoms with Gasteiger partial charge in [0.25, 0.3) is 0 Å². The van der Waals surface area contributed by atoms with Gasteiger partial charge in [0, 0.05) is 25.3 Å². The van der Waals surface area contributed by atoms with Crippen molar-refractivity contribution in [2.24, 2.45) is 0 Å². The highest BCUT2D eigenvalue weighted by atomic mass is 19.4. The fourth-order valence-electron chi connectivity index (χ4n) is 1.51. The van der Waals surface area contributed by atoms with E-state index >= 15 is 0 Å². The average Bonchev–Trinajstić information content (AvgIpc) is 2.35. The third kappa shape index (κ3) is 5.20. The molecule has 5 nitrogen and oxygen atoms in total. The van der Waals surface area contributed by atoms with Crippen molar-refractivity contribution in [3.05, 3.63) is 11.9 Å². The molecule has 0 bridgehead atoms. The van der Waals surface area contributed by atoms with Crippen LogP contribution < -0.4 is 10.6 Å². The lowest BCUT2D eigenvalue weighted by atomic mass is 10.2. The van der Waals surface area contributed by atoms with Crippen LogP contribution in [-0.4, -0.2) is 34.3 Å². The van der Waals surface area contributed by atoms with Crippen molar-refractivity contribution < 1.29 is 18.3 Å². The quantitative estimate of drug-likeness (QED) is 0.720. The summed E-state index contributed by atoms with van der Waals surface area (Å²) in [7, 11) is 0. The Balaban J connectivity index is 2.97. The van der Waals surface area contributed by atoms with Crippen LogP contribution in [0, 0.1) is 0 Å². The summed E-state index contributed by atoms with van der Waals surface area (Å²) >= 11 is 0. The monoisotopic (exact) mass is 292 g/mol. The molecule has 0 aromatic carbocycles. The minimum atomic E-state index is -4.60. The van der Waals surface area contributed by atoms with Gasteiger partial charge in [-0.05, 0) is 19.8 Å². The summed E-state index contributed by atoms with van der Waals surface area (Å²) in [5.74, 6) is -0.961. The van der Waals surface area contributed by atoms with Gasteiger partial charge in [0.2, 0.25) is 5.82 Å². The first kappa shape index (κ1) is 16.5. The SMILES string of the molecule is CCCNc1cc(NC(C)CCO)nc(C(F)(F)F)n1. The molecule has 114 valence electrons. The first-order valence-corrected chi connectivity index (χ1v) is 6.44. The summed E-state index contributed by atoms with van der Waals surface area (Å²) in [6.45, 7) is 4.14. The Morgan fingerprint density at radius 2 is 1.95 bits per heavy atom. The molecule has 1 rings (SSSR count). The van der Waals surface area contributed by atoms with Gasteiger partial charge >= 0.3 is 6.18 Å². The van der Waals surface area contributed by atoms with Crippen LogP contribution >= 0.6 is 0 Å². The standard InChI is InChI=1S/C12H19F3N4O/c1-3-5-16-9-7-10(17-8(2)4-6-20)19-11(18-9)12(13,14)15/h7-8,20H,3-6H2,1-2H3,(H2,16,17,18,19). The molecule has 0 saturated heterocycles. The summed E-state index contributed by atoms with van der Waals surface area (Å²) in [6, 6.07) is 1.24. The Hall–Kier alpha value is -1.57. The molecule has 3 N–H and O–H groups in total. The largest absolute Gasteiger partial charge is 0.451 e. The number of hydrogen-bond donors (Lipinski definition) is 3. The fraction of sp³-hybridized carbons (Fsp3) is 0.667. The van der Waals surface area contributed by atoms with Gasteiger partial charge in [-0.15, -0.1) is 0 Å². The Labute approximate surface area is 115 Å². The minimum Gasteiger partial charge on any atom is -0.396 e.